The molecule has 0 unspecified atom stereocenters. The van der Waals surface area contributed by atoms with Crippen molar-refractivity contribution in [2.75, 3.05) is 13.1 Å². The molecule has 0 atom stereocenters. The van der Waals surface area contributed by atoms with Crippen molar-refractivity contribution in [1.82, 2.24) is 5.32 Å². The smallest absolute Gasteiger partial charge is 0.196 e. The maximum absolute atomic E-state index is 13.0. The van der Waals surface area contributed by atoms with Crippen molar-refractivity contribution >= 4 is 32.5 Å². The number of nitrogens with one attached hydrogen (secondary N) is 1. The third kappa shape index (κ3) is 2.95. The minimum atomic E-state index is -0.0180. The fraction of sp³-hybridized carbons (Fsp3) is 0.150. The number of benzene rings is 3. The molecule has 0 aromatic heterocycles. The molecule has 1 N–H and O–H groups in total. The van der Waals surface area contributed by atoms with Crippen molar-refractivity contribution in [3.05, 3.63) is 76.3 Å². The first-order valence-electron chi connectivity index (χ1n) is 7.91. The average Bonchev–Trinajstić information content (AvgIpc) is 2.57. The van der Waals surface area contributed by atoms with Crippen molar-refractivity contribution in [2.45, 2.75) is 6.10 Å². The summed E-state index contributed by atoms with van der Waals surface area (Å²) in [6.45, 7) is 1.63. The van der Waals surface area contributed by atoms with E-state index < -0.39 is 0 Å². The number of carbonyl (C=O) groups excluding carboxylic acids is 1. The molecule has 4 rings (SSSR count). The minimum absolute atomic E-state index is 0.0180. The van der Waals surface area contributed by atoms with Gasteiger partial charge in [-0.2, -0.15) is 0 Å². The van der Waals surface area contributed by atoms with Gasteiger partial charge < -0.3 is 10.1 Å². The lowest BCUT2D eigenvalue weighted by atomic mass is 9.99. The van der Waals surface area contributed by atoms with Gasteiger partial charge in [-0.3, -0.25) is 4.79 Å². The maximum atomic E-state index is 13.0. The van der Waals surface area contributed by atoms with Crippen molar-refractivity contribution in [2.24, 2.45) is 0 Å². The number of hydrogen-bond acceptors (Lipinski definition) is 3. The molecule has 3 aromatic rings. The monoisotopic (exact) mass is 381 g/mol. The van der Waals surface area contributed by atoms with Gasteiger partial charge in [0.05, 0.1) is 5.56 Å². The maximum Gasteiger partial charge on any atom is 0.196 e. The van der Waals surface area contributed by atoms with Gasteiger partial charge in [-0.25, -0.2) is 0 Å². The fourth-order valence-corrected chi connectivity index (χ4v) is 3.13. The molecule has 0 spiro atoms. The Kier molecular flexibility index (Phi) is 4.08. The van der Waals surface area contributed by atoms with Crippen molar-refractivity contribution < 1.29 is 9.53 Å². The summed E-state index contributed by atoms with van der Waals surface area (Å²) in [6.07, 6.45) is 0.127. The van der Waals surface area contributed by atoms with E-state index in [1.165, 1.54) is 0 Å². The Hall–Kier alpha value is -2.17. The normalized spacial score (nSPS) is 14.4. The van der Waals surface area contributed by atoms with Crippen LogP contribution >= 0.6 is 15.9 Å². The second kappa shape index (κ2) is 6.38. The Morgan fingerprint density at radius 1 is 1.00 bits per heavy atom. The summed E-state index contributed by atoms with van der Waals surface area (Å²) in [5.41, 5.74) is 1.27. The van der Waals surface area contributed by atoms with E-state index in [4.69, 9.17) is 4.74 Å². The predicted octanol–water partition coefficient (Wildman–Crippen LogP) is 4.18. The van der Waals surface area contributed by atoms with Crippen molar-refractivity contribution in [3.63, 3.8) is 0 Å². The van der Waals surface area contributed by atoms with Crippen LogP contribution in [0.4, 0.5) is 0 Å². The number of ether oxygens (including phenoxy) is 1. The molecule has 1 saturated heterocycles. The zero-order valence-corrected chi connectivity index (χ0v) is 14.5. The largest absolute Gasteiger partial charge is 0.487 e. The van der Waals surface area contributed by atoms with Gasteiger partial charge in [0, 0.05) is 23.1 Å². The second-order valence-corrected chi connectivity index (χ2v) is 6.85. The van der Waals surface area contributed by atoms with Gasteiger partial charge in [-0.05, 0) is 35.0 Å². The van der Waals surface area contributed by atoms with Gasteiger partial charge in [-0.15, -0.1) is 0 Å². The zero-order chi connectivity index (χ0) is 16.5. The number of ketones is 1. The van der Waals surface area contributed by atoms with E-state index >= 15 is 0 Å². The van der Waals surface area contributed by atoms with Crippen LogP contribution in [0.5, 0.6) is 5.75 Å². The lowest BCUT2D eigenvalue weighted by molar-refractivity contribution is 0.102. The van der Waals surface area contributed by atoms with Gasteiger partial charge in [-0.1, -0.05) is 52.3 Å². The minimum Gasteiger partial charge on any atom is -0.487 e. The van der Waals surface area contributed by atoms with Gasteiger partial charge in [0.2, 0.25) is 0 Å². The number of fused-ring (bicyclic) bond motifs is 1. The number of halogens is 1. The average molecular weight is 382 g/mol. The van der Waals surface area contributed by atoms with Gasteiger partial charge >= 0.3 is 0 Å². The first kappa shape index (κ1) is 15.4. The molecule has 1 heterocycles. The third-order valence-electron chi connectivity index (χ3n) is 4.24. The molecule has 1 aliphatic rings. The molecular formula is C20H16BrNO2. The fourth-order valence-electron chi connectivity index (χ4n) is 2.79. The SMILES string of the molecule is O=C(c1ccc2ccccc2c1)c1ccc(Br)cc1OC1CNC1. The molecule has 3 aromatic carbocycles. The Labute approximate surface area is 148 Å². The highest BCUT2D eigenvalue weighted by molar-refractivity contribution is 9.10. The molecule has 1 aliphatic heterocycles. The number of hydrogen-bond donors (Lipinski definition) is 1. The van der Waals surface area contributed by atoms with Crippen LogP contribution in [0.25, 0.3) is 10.8 Å². The Balaban J connectivity index is 1.72. The molecule has 24 heavy (non-hydrogen) atoms. The first-order valence-corrected chi connectivity index (χ1v) is 8.70. The van der Waals surface area contributed by atoms with Crippen LogP contribution in [0, 0.1) is 0 Å². The molecule has 1 fully saturated rings. The first-order chi connectivity index (χ1) is 11.7. The number of rotatable bonds is 4. The molecular weight excluding hydrogens is 366 g/mol. The number of carbonyl (C=O) groups is 1. The summed E-state index contributed by atoms with van der Waals surface area (Å²) in [7, 11) is 0. The molecule has 120 valence electrons. The Bertz CT molecular complexity index is 918. The van der Waals surface area contributed by atoms with Crippen LogP contribution in [0.15, 0.2) is 65.1 Å². The molecule has 0 bridgehead atoms. The molecule has 4 heteroatoms. The highest BCUT2D eigenvalue weighted by Crippen LogP contribution is 2.28. The molecule has 0 aliphatic carbocycles. The van der Waals surface area contributed by atoms with E-state index in [0.717, 1.165) is 28.3 Å². The summed E-state index contributed by atoms with van der Waals surface area (Å²) in [5, 5.41) is 5.36. The summed E-state index contributed by atoms with van der Waals surface area (Å²) >= 11 is 3.46. The van der Waals surface area contributed by atoms with E-state index in [0.29, 0.717) is 16.9 Å². The van der Waals surface area contributed by atoms with Crippen LogP contribution in [0.3, 0.4) is 0 Å². The van der Waals surface area contributed by atoms with Crippen molar-refractivity contribution in [3.8, 4) is 5.75 Å². The summed E-state index contributed by atoms with van der Waals surface area (Å²) < 4.78 is 6.88. The van der Waals surface area contributed by atoms with E-state index in [1.807, 2.05) is 60.7 Å². The van der Waals surface area contributed by atoms with E-state index in [1.54, 1.807) is 0 Å². The lowest BCUT2D eigenvalue weighted by Crippen LogP contribution is -2.50. The lowest BCUT2D eigenvalue weighted by Gasteiger charge is -2.28. The topological polar surface area (TPSA) is 38.3 Å². The Morgan fingerprint density at radius 3 is 2.54 bits per heavy atom. The standard InChI is InChI=1S/C20H16BrNO2/c21-16-7-8-18(19(10-16)24-17-11-22-12-17)20(23)15-6-5-13-3-1-2-4-14(13)9-15/h1-10,17,22H,11-12H2. The third-order valence-corrected chi connectivity index (χ3v) is 4.73. The highest BCUT2D eigenvalue weighted by atomic mass is 79.9. The summed E-state index contributed by atoms with van der Waals surface area (Å²) in [6, 6.07) is 19.4. The summed E-state index contributed by atoms with van der Waals surface area (Å²) in [4.78, 5) is 13.0. The van der Waals surface area contributed by atoms with E-state index in [9.17, 15) is 4.79 Å². The molecule has 3 nitrogen and oxygen atoms in total. The van der Waals surface area contributed by atoms with Crippen LogP contribution in [0.2, 0.25) is 0 Å². The van der Waals surface area contributed by atoms with Gasteiger partial charge in [0.1, 0.15) is 11.9 Å². The second-order valence-electron chi connectivity index (χ2n) is 5.93. The molecule has 0 amide bonds. The predicted molar refractivity (Wildman–Crippen MR) is 98.8 cm³/mol. The molecule has 0 saturated carbocycles. The highest BCUT2D eigenvalue weighted by Gasteiger charge is 2.22. The quantitative estimate of drug-likeness (QED) is 0.688. The summed E-state index contributed by atoms with van der Waals surface area (Å²) in [5.74, 6) is 0.615. The van der Waals surface area contributed by atoms with Crippen LogP contribution in [-0.2, 0) is 0 Å². The molecule has 0 radical (unpaired) electrons. The van der Waals surface area contributed by atoms with Crippen LogP contribution < -0.4 is 10.1 Å². The van der Waals surface area contributed by atoms with Crippen LogP contribution in [-0.4, -0.2) is 25.0 Å². The Morgan fingerprint density at radius 2 is 1.79 bits per heavy atom. The van der Waals surface area contributed by atoms with E-state index in [-0.39, 0.29) is 11.9 Å². The van der Waals surface area contributed by atoms with Crippen molar-refractivity contribution in [1.29, 1.82) is 0 Å². The van der Waals surface area contributed by atoms with E-state index in [2.05, 4.69) is 21.2 Å². The van der Waals surface area contributed by atoms with Crippen LogP contribution in [0.1, 0.15) is 15.9 Å². The van der Waals surface area contributed by atoms with Gasteiger partial charge in [0.25, 0.3) is 0 Å². The van der Waals surface area contributed by atoms with Gasteiger partial charge in [0.15, 0.2) is 5.78 Å². The zero-order valence-electron chi connectivity index (χ0n) is 13.0.